The van der Waals surface area contributed by atoms with Crippen molar-refractivity contribution in [2.75, 3.05) is 6.26 Å². The van der Waals surface area contributed by atoms with Gasteiger partial charge in [-0.2, -0.15) is 0 Å². The predicted octanol–water partition coefficient (Wildman–Crippen LogP) is 4.70. The molecule has 3 rings (SSSR count). The highest BCUT2D eigenvalue weighted by Crippen LogP contribution is 2.40. The second-order valence-electron chi connectivity index (χ2n) is 5.89. The highest BCUT2D eigenvalue weighted by atomic mass is 32.2. The minimum atomic E-state index is -3.83. The number of non-ortho nitro benzene ring substituents is 1. The summed E-state index contributed by atoms with van der Waals surface area (Å²) in [6, 6.07) is 10.9. The second-order valence-corrected chi connectivity index (χ2v) is 8.62. The molecule has 0 amide bonds. The molecule has 0 saturated carbocycles. The molecule has 0 spiro atoms. The molecule has 0 aliphatic heterocycles. The van der Waals surface area contributed by atoms with Gasteiger partial charge in [-0.1, -0.05) is 17.2 Å². The Kier molecular flexibility index (Phi) is 6.28. The summed E-state index contributed by atoms with van der Waals surface area (Å²) >= 11 is 0.651. The molecular weight excluding hydrogens is 438 g/mol. The van der Waals surface area contributed by atoms with Crippen molar-refractivity contribution in [2.45, 2.75) is 9.79 Å². The second kappa shape index (κ2) is 8.73. The molecule has 13 heteroatoms. The van der Waals surface area contributed by atoms with Crippen LogP contribution in [0.25, 0.3) is 10.8 Å². The number of benzene rings is 3. The number of nitrogens with zero attached hydrogens (tertiary/aromatic N) is 3. The maximum atomic E-state index is 12.1. The van der Waals surface area contributed by atoms with Crippen molar-refractivity contribution in [3.63, 3.8) is 0 Å². The molecule has 0 aromatic heterocycles. The summed E-state index contributed by atoms with van der Waals surface area (Å²) in [4.78, 5) is 10.3. The molecule has 0 saturated heterocycles. The molecule has 3 aromatic carbocycles. The number of hydrogen-bond donors (Lipinski definition) is 2. The number of phenolic OH excluding ortho intramolecular Hbond substituents is 1. The van der Waals surface area contributed by atoms with Crippen LogP contribution >= 0.6 is 12.0 Å². The molecule has 0 radical (unpaired) electrons. The predicted molar refractivity (Wildman–Crippen MR) is 107 cm³/mol. The molecule has 0 aliphatic carbocycles. The molecule has 0 fully saturated rings. The maximum Gasteiger partial charge on any atom is 0.270 e. The smallest absolute Gasteiger partial charge is 0.270 e. The van der Waals surface area contributed by atoms with Gasteiger partial charge in [0.25, 0.3) is 5.69 Å². The molecule has 0 unspecified atom stereocenters. The van der Waals surface area contributed by atoms with Gasteiger partial charge in [0.15, 0.2) is 9.84 Å². The van der Waals surface area contributed by atoms with Gasteiger partial charge in [-0.15, -0.1) is 14.6 Å². The monoisotopic (exact) mass is 451 g/mol. The average Bonchev–Trinajstić information content (AvgIpc) is 2.71. The van der Waals surface area contributed by atoms with Gasteiger partial charge in [0.2, 0.25) is 0 Å². The Morgan fingerprint density at radius 1 is 1.10 bits per heavy atom. The molecule has 0 bridgehead atoms. The van der Waals surface area contributed by atoms with E-state index in [-0.39, 0.29) is 22.0 Å². The third kappa shape index (κ3) is 4.55. The number of azo groups is 1. The number of hydrogen-bond acceptors (Lipinski definition) is 11. The number of fused-ring (bicyclic) bond motifs is 1. The van der Waals surface area contributed by atoms with Crippen LogP contribution in [0.15, 0.2) is 68.6 Å². The Morgan fingerprint density at radius 3 is 2.47 bits per heavy atom. The molecule has 156 valence electrons. The first kappa shape index (κ1) is 21.6. The van der Waals surface area contributed by atoms with Crippen LogP contribution in [0.1, 0.15) is 0 Å². The van der Waals surface area contributed by atoms with E-state index in [0.717, 1.165) is 18.4 Å². The highest BCUT2D eigenvalue weighted by molar-refractivity contribution is 7.94. The lowest BCUT2D eigenvalue weighted by Gasteiger charge is -2.08. The van der Waals surface area contributed by atoms with Gasteiger partial charge < -0.3 is 5.11 Å². The van der Waals surface area contributed by atoms with Crippen molar-refractivity contribution in [1.82, 2.24) is 0 Å². The molecule has 2 N–H and O–H groups in total. The van der Waals surface area contributed by atoms with Crippen molar-refractivity contribution in [3.05, 3.63) is 58.6 Å². The van der Waals surface area contributed by atoms with Crippen LogP contribution in [0.3, 0.4) is 0 Å². The Hall–Kier alpha value is -3.10. The van der Waals surface area contributed by atoms with Crippen LogP contribution in [0.4, 0.5) is 17.1 Å². The molecule has 0 atom stereocenters. The lowest BCUT2D eigenvalue weighted by Crippen LogP contribution is -1.99. The van der Waals surface area contributed by atoms with Crippen molar-refractivity contribution in [2.24, 2.45) is 10.2 Å². The lowest BCUT2D eigenvalue weighted by molar-refractivity contribution is -0.432. The zero-order chi connectivity index (χ0) is 21.9. The largest absolute Gasteiger partial charge is 0.507 e. The van der Waals surface area contributed by atoms with Gasteiger partial charge in [0.05, 0.1) is 22.7 Å². The number of nitro groups is 1. The van der Waals surface area contributed by atoms with Gasteiger partial charge in [0, 0.05) is 34.1 Å². The summed E-state index contributed by atoms with van der Waals surface area (Å²) < 4.78 is 28.6. The fraction of sp³-hybridized carbons (Fsp3) is 0.0588. The zero-order valence-electron chi connectivity index (χ0n) is 15.1. The number of nitro benzene ring substituents is 1. The first-order valence-electron chi connectivity index (χ1n) is 8.02. The standard InChI is InChI=1S/C17H13N3O8S2/c1-30(25,26)16-9-10(20(22)23)5-6-12(16)18-19-13-7-8-14(21)11-3-2-4-15(17(11)13)29-28-27-24/h2-9,21,24H,1H3. The molecule has 30 heavy (non-hydrogen) atoms. The first-order chi connectivity index (χ1) is 14.2. The van der Waals surface area contributed by atoms with Crippen LogP contribution in [-0.4, -0.2) is 30.0 Å². The Balaban J connectivity index is 2.15. The summed E-state index contributed by atoms with van der Waals surface area (Å²) in [5, 5.41) is 41.9. The van der Waals surface area contributed by atoms with Crippen LogP contribution < -0.4 is 0 Å². The summed E-state index contributed by atoms with van der Waals surface area (Å²) in [5.41, 5.74) is -0.251. The van der Waals surface area contributed by atoms with Crippen LogP contribution in [0.2, 0.25) is 0 Å². The van der Waals surface area contributed by atoms with Crippen LogP contribution in [-0.2, 0) is 19.2 Å². The fourth-order valence-electron chi connectivity index (χ4n) is 2.65. The number of sulfone groups is 1. The average molecular weight is 451 g/mol. The minimum absolute atomic E-state index is 0.0523. The van der Waals surface area contributed by atoms with Gasteiger partial charge in [-0.25, -0.2) is 13.7 Å². The summed E-state index contributed by atoms with van der Waals surface area (Å²) in [6.07, 6.45) is 0.905. The van der Waals surface area contributed by atoms with E-state index in [1.165, 1.54) is 18.2 Å². The van der Waals surface area contributed by atoms with E-state index in [4.69, 9.17) is 5.26 Å². The van der Waals surface area contributed by atoms with Crippen molar-refractivity contribution in [1.29, 1.82) is 0 Å². The molecule has 3 aromatic rings. The summed E-state index contributed by atoms with van der Waals surface area (Å²) in [7, 11) is -3.83. The summed E-state index contributed by atoms with van der Waals surface area (Å²) in [5.74, 6) is -0.0523. The van der Waals surface area contributed by atoms with E-state index in [1.807, 2.05) is 0 Å². The third-order valence-electron chi connectivity index (χ3n) is 3.93. The van der Waals surface area contributed by atoms with Crippen LogP contribution in [0, 0.1) is 10.1 Å². The van der Waals surface area contributed by atoms with E-state index in [2.05, 4.69) is 19.6 Å². The first-order valence-corrected chi connectivity index (χ1v) is 10.7. The van der Waals surface area contributed by atoms with E-state index >= 15 is 0 Å². The van der Waals surface area contributed by atoms with Gasteiger partial charge in [-0.05, 0) is 24.3 Å². The van der Waals surface area contributed by atoms with Crippen LogP contribution in [0.5, 0.6) is 5.75 Å². The van der Waals surface area contributed by atoms with E-state index in [1.54, 1.807) is 18.2 Å². The summed E-state index contributed by atoms with van der Waals surface area (Å²) in [6.45, 7) is 0. The van der Waals surface area contributed by atoms with E-state index < -0.39 is 20.4 Å². The Bertz CT molecular complexity index is 1260. The van der Waals surface area contributed by atoms with Gasteiger partial charge in [0.1, 0.15) is 16.3 Å². The van der Waals surface area contributed by atoms with Gasteiger partial charge >= 0.3 is 0 Å². The van der Waals surface area contributed by atoms with Crippen molar-refractivity contribution in [3.8, 4) is 5.75 Å². The molecular formula is C17H13N3O8S2. The maximum absolute atomic E-state index is 12.1. The lowest BCUT2D eigenvalue weighted by atomic mass is 10.1. The normalized spacial score (nSPS) is 11.9. The minimum Gasteiger partial charge on any atom is -0.507 e. The number of aromatic hydroxyl groups is 1. The fourth-order valence-corrected chi connectivity index (χ4v) is 4.01. The SMILES string of the molecule is CS(=O)(=O)c1cc([N+](=O)[O-])ccc1N=Nc1ccc(O)c2cccc(SOOO)c12. The van der Waals surface area contributed by atoms with Crippen molar-refractivity contribution < 1.29 is 33.1 Å². The Morgan fingerprint density at radius 2 is 1.80 bits per heavy atom. The topological polar surface area (TPSA) is 161 Å². The Labute approximate surface area is 173 Å². The van der Waals surface area contributed by atoms with E-state index in [9.17, 15) is 23.6 Å². The number of rotatable bonds is 7. The molecule has 0 aliphatic rings. The molecule has 11 nitrogen and oxygen atoms in total. The van der Waals surface area contributed by atoms with E-state index in [0.29, 0.717) is 27.7 Å². The quantitative estimate of drug-likeness (QED) is 0.170. The highest BCUT2D eigenvalue weighted by Gasteiger charge is 2.19. The molecule has 0 heterocycles. The van der Waals surface area contributed by atoms with Gasteiger partial charge in [-0.3, -0.25) is 10.1 Å². The zero-order valence-corrected chi connectivity index (χ0v) is 16.8. The third-order valence-corrected chi connectivity index (χ3v) is 5.71. The number of phenols is 1. The van der Waals surface area contributed by atoms with Crippen molar-refractivity contribution >= 4 is 49.7 Å².